The van der Waals surface area contributed by atoms with Gasteiger partial charge in [-0.25, -0.2) is 9.71 Å². The molecule has 0 saturated carbocycles. The molecule has 0 spiro atoms. The molecule has 3 heterocycles. The summed E-state index contributed by atoms with van der Waals surface area (Å²) in [6, 6.07) is 4.21. The van der Waals surface area contributed by atoms with E-state index in [1.54, 1.807) is 23.9 Å². The standard InChI is InChI=1S/C18H19FN6OS/c1-3-4-11-5-6-14-15(27(21)24-11)10-25(2)17(14)18(26)23-12-7-13(9-20)22-16(19)8-12/h5-8,10-11H,3-4H2,1-2H3,(H2,21,24)(H,22,23,26). The van der Waals surface area contributed by atoms with Crippen LogP contribution in [-0.2, 0) is 17.9 Å². The maximum atomic E-state index is 13.5. The van der Waals surface area contributed by atoms with Crippen LogP contribution in [0.15, 0.2) is 29.3 Å². The molecule has 0 radical (unpaired) electrons. The Labute approximate surface area is 158 Å². The fourth-order valence-electron chi connectivity index (χ4n) is 2.97. The predicted molar refractivity (Wildman–Crippen MR) is 101 cm³/mol. The number of nitriles is 1. The highest BCUT2D eigenvalue weighted by Gasteiger charge is 2.24. The summed E-state index contributed by atoms with van der Waals surface area (Å²) in [5, 5.41) is 11.5. The SMILES string of the molecule is CCCC1C=Cc2c(cn(C)c2C(=O)Nc2cc(F)nc(C#N)c2)S(=N)N1. The van der Waals surface area contributed by atoms with Crippen molar-refractivity contribution in [1.29, 1.82) is 10.0 Å². The van der Waals surface area contributed by atoms with E-state index in [0.29, 0.717) is 11.3 Å². The third-order valence-electron chi connectivity index (χ3n) is 4.15. The number of hydrogen-bond acceptors (Lipinski definition) is 4. The lowest BCUT2D eigenvalue weighted by Gasteiger charge is -2.12. The first-order chi connectivity index (χ1) is 12.9. The fraction of sp³-hybridized carbons (Fsp3) is 0.278. The molecule has 0 bridgehead atoms. The molecule has 3 rings (SSSR count). The molecule has 3 N–H and O–H groups in total. The molecule has 0 aromatic carbocycles. The van der Waals surface area contributed by atoms with E-state index in [4.69, 9.17) is 10.0 Å². The average molecular weight is 386 g/mol. The van der Waals surface area contributed by atoms with E-state index in [-0.39, 0.29) is 17.4 Å². The molecule has 2 aromatic rings. The smallest absolute Gasteiger partial charge is 0.272 e. The molecule has 27 heavy (non-hydrogen) atoms. The second-order valence-electron chi connectivity index (χ2n) is 6.17. The number of nitrogens with one attached hydrogen (secondary N) is 3. The summed E-state index contributed by atoms with van der Waals surface area (Å²) in [4.78, 5) is 17.0. The number of halogens is 1. The van der Waals surface area contributed by atoms with Gasteiger partial charge in [0.15, 0.2) is 0 Å². The first-order valence-electron chi connectivity index (χ1n) is 8.41. The van der Waals surface area contributed by atoms with Crippen LogP contribution in [0.5, 0.6) is 0 Å². The van der Waals surface area contributed by atoms with Crippen molar-refractivity contribution in [2.75, 3.05) is 5.32 Å². The van der Waals surface area contributed by atoms with Gasteiger partial charge in [-0.05, 0) is 23.4 Å². The lowest BCUT2D eigenvalue weighted by atomic mass is 10.1. The number of nitrogens with zero attached hydrogens (tertiary/aromatic N) is 3. The zero-order valence-electron chi connectivity index (χ0n) is 14.9. The van der Waals surface area contributed by atoms with Crippen molar-refractivity contribution < 1.29 is 9.18 Å². The number of carbonyl (C=O) groups is 1. The van der Waals surface area contributed by atoms with E-state index >= 15 is 0 Å². The summed E-state index contributed by atoms with van der Waals surface area (Å²) in [7, 11) is 0.776. The van der Waals surface area contributed by atoms with Gasteiger partial charge in [-0.1, -0.05) is 25.5 Å². The van der Waals surface area contributed by atoms with Crippen molar-refractivity contribution in [2.24, 2.45) is 7.05 Å². The van der Waals surface area contributed by atoms with Crippen LogP contribution in [0.2, 0.25) is 0 Å². The van der Waals surface area contributed by atoms with Crippen LogP contribution >= 0.6 is 0 Å². The van der Waals surface area contributed by atoms with Crippen molar-refractivity contribution >= 4 is 28.5 Å². The minimum Gasteiger partial charge on any atom is -0.345 e. The predicted octanol–water partition coefficient (Wildman–Crippen LogP) is 3.12. The van der Waals surface area contributed by atoms with Gasteiger partial charge in [0.05, 0.1) is 4.90 Å². The van der Waals surface area contributed by atoms with E-state index in [1.165, 1.54) is 6.07 Å². The van der Waals surface area contributed by atoms with E-state index in [1.807, 2.05) is 12.2 Å². The highest BCUT2D eigenvalue weighted by molar-refractivity contribution is 7.84. The number of rotatable bonds is 4. The van der Waals surface area contributed by atoms with Gasteiger partial charge in [-0.2, -0.15) is 9.65 Å². The topological polar surface area (TPSA) is 107 Å². The molecule has 1 aliphatic heterocycles. The number of hydrogen-bond donors (Lipinski definition) is 3. The Morgan fingerprint density at radius 3 is 3.04 bits per heavy atom. The summed E-state index contributed by atoms with van der Waals surface area (Å²) in [6.07, 6.45) is 7.50. The Morgan fingerprint density at radius 2 is 2.33 bits per heavy atom. The van der Waals surface area contributed by atoms with Crippen LogP contribution in [0.4, 0.5) is 10.1 Å². The van der Waals surface area contributed by atoms with Crippen LogP contribution in [-0.4, -0.2) is 21.5 Å². The average Bonchev–Trinajstić information content (AvgIpc) is 2.88. The lowest BCUT2D eigenvalue weighted by molar-refractivity contribution is 0.101. The quantitative estimate of drug-likeness (QED) is 0.702. The third kappa shape index (κ3) is 3.97. The van der Waals surface area contributed by atoms with Crippen molar-refractivity contribution in [3.8, 4) is 6.07 Å². The van der Waals surface area contributed by atoms with Gasteiger partial charge in [0.2, 0.25) is 5.95 Å². The molecule has 2 aromatic heterocycles. The summed E-state index contributed by atoms with van der Waals surface area (Å²) in [6.45, 7) is 2.08. The van der Waals surface area contributed by atoms with E-state index in [0.717, 1.165) is 23.8 Å². The summed E-state index contributed by atoms with van der Waals surface area (Å²) in [5.41, 5.74) is 1.09. The van der Waals surface area contributed by atoms with Gasteiger partial charge < -0.3 is 9.88 Å². The van der Waals surface area contributed by atoms with Gasteiger partial charge in [0.25, 0.3) is 5.91 Å². The van der Waals surface area contributed by atoms with Crippen molar-refractivity contribution in [3.63, 3.8) is 0 Å². The van der Waals surface area contributed by atoms with Crippen LogP contribution in [0.1, 0.15) is 41.5 Å². The molecule has 1 amide bonds. The van der Waals surface area contributed by atoms with Crippen LogP contribution < -0.4 is 10.0 Å². The fourth-order valence-corrected chi connectivity index (χ4v) is 4.25. The second kappa shape index (κ2) is 7.82. The lowest BCUT2D eigenvalue weighted by Crippen LogP contribution is -2.27. The van der Waals surface area contributed by atoms with Gasteiger partial charge in [-0.3, -0.25) is 9.57 Å². The molecule has 7 nitrogen and oxygen atoms in total. The highest BCUT2D eigenvalue weighted by Crippen LogP contribution is 2.26. The Bertz CT molecular complexity index is 990. The Kier molecular flexibility index (Phi) is 5.48. The summed E-state index contributed by atoms with van der Waals surface area (Å²) in [5.74, 6) is -1.28. The zero-order valence-corrected chi connectivity index (χ0v) is 15.7. The minimum absolute atomic E-state index is 0.0805. The normalized spacial score (nSPS) is 18.4. The first-order valence-corrected chi connectivity index (χ1v) is 9.63. The molecular formula is C18H19FN6OS. The Morgan fingerprint density at radius 1 is 1.56 bits per heavy atom. The number of aromatic nitrogens is 2. The highest BCUT2D eigenvalue weighted by atomic mass is 32.2. The summed E-state index contributed by atoms with van der Waals surface area (Å²) >= 11 is 0. The Hall–Kier alpha value is -2.83. The number of fused-ring (bicyclic) bond motifs is 1. The van der Waals surface area contributed by atoms with E-state index in [9.17, 15) is 9.18 Å². The molecule has 9 heteroatoms. The molecule has 1 aliphatic rings. The minimum atomic E-state index is -0.952. The third-order valence-corrected chi connectivity index (χ3v) is 5.45. The van der Waals surface area contributed by atoms with Crippen LogP contribution in [0, 0.1) is 22.1 Å². The van der Waals surface area contributed by atoms with E-state index < -0.39 is 22.7 Å². The number of amides is 1. The summed E-state index contributed by atoms with van der Waals surface area (Å²) < 4.78 is 26.8. The molecule has 0 aliphatic carbocycles. The molecule has 0 fully saturated rings. The monoisotopic (exact) mass is 386 g/mol. The van der Waals surface area contributed by atoms with Gasteiger partial charge in [0, 0.05) is 36.6 Å². The number of aryl methyl sites for hydroxylation is 1. The van der Waals surface area contributed by atoms with Crippen molar-refractivity contribution in [1.82, 2.24) is 14.3 Å². The molecular weight excluding hydrogens is 367 g/mol. The van der Waals surface area contributed by atoms with Crippen LogP contribution in [0.25, 0.3) is 6.08 Å². The molecule has 0 saturated heterocycles. The number of anilines is 1. The van der Waals surface area contributed by atoms with Gasteiger partial charge >= 0.3 is 0 Å². The number of pyridine rings is 1. The van der Waals surface area contributed by atoms with Crippen molar-refractivity contribution in [3.05, 3.63) is 47.3 Å². The van der Waals surface area contributed by atoms with Crippen molar-refractivity contribution in [2.45, 2.75) is 30.7 Å². The largest absolute Gasteiger partial charge is 0.345 e. The van der Waals surface area contributed by atoms with E-state index in [2.05, 4.69) is 21.9 Å². The maximum Gasteiger partial charge on any atom is 0.272 e. The second-order valence-corrected chi connectivity index (χ2v) is 7.46. The molecule has 2 unspecified atom stereocenters. The van der Waals surface area contributed by atoms with Crippen LogP contribution in [0.3, 0.4) is 0 Å². The van der Waals surface area contributed by atoms with Gasteiger partial charge in [0.1, 0.15) is 17.5 Å². The molecule has 140 valence electrons. The Balaban J connectivity index is 1.95. The van der Waals surface area contributed by atoms with Gasteiger partial charge in [-0.15, -0.1) is 0 Å². The zero-order chi connectivity index (χ0) is 19.6. The maximum absolute atomic E-state index is 13.5. The first kappa shape index (κ1) is 18.9. The molecule has 2 atom stereocenters. The number of carbonyl (C=O) groups excluding carboxylic acids is 1.